The summed E-state index contributed by atoms with van der Waals surface area (Å²) in [4.78, 5) is 27.8. The van der Waals surface area contributed by atoms with Gasteiger partial charge in [0, 0.05) is 11.8 Å². The molecule has 1 aromatic heterocycles. The summed E-state index contributed by atoms with van der Waals surface area (Å²) in [6, 6.07) is 2.96. The van der Waals surface area contributed by atoms with E-state index in [1.807, 2.05) is 0 Å². The fourth-order valence-corrected chi connectivity index (χ4v) is 1.34. The molecule has 0 aliphatic rings. The Labute approximate surface area is 98.7 Å². The molecule has 0 aliphatic heterocycles. The number of nitrogens with zero attached hydrogens (tertiary/aromatic N) is 1. The largest absolute Gasteiger partial charge is 0.477 e. The fraction of sp³-hybridized carbons (Fsp3) is 0. The van der Waals surface area contributed by atoms with Crippen molar-refractivity contribution in [3.63, 3.8) is 0 Å². The SMILES string of the molecule is O=C(O)c1cnc(-c2ccc(F)c(F)c2)[nH]c1=O. The van der Waals surface area contributed by atoms with E-state index in [1.54, 1.807) is 0 Å². The van der Waals surface area contributed by atoms with Gasteiger partial charge < -0.3 is 10.1 Å². The van der Waals surface area contributed by atoms with Crippen LogP contribution in [0.5, 0.6) is 0 Å². The summed E-state index contributed by atoms with van der Waals surface area (Å²) in [7, 11) is 0. The highest BCUT2D eigenvalue weighted by Crippen LogP contribution is 2.16. The second-order valence-electron chi connectivity index (χ2n) is 3.41. The fourth-order valence-electron chi connectivity index (χ4n) is 1.34. The lowest BCUT2D eigenvalue weighted by Crippen LogP contribution is -2.18. The monoisotopic (exact) mass is 252 g/mol. The maximum absolute atomic E-state index is 13.0. The number of carboxylic acid groups (broad SMARTS) is 1. The van der Waals surface area contributed by atoms with E-state index in [9.17, 15) is 18.4 Å². The highest BCUT2D eigenvalue weighted by Gasteiger charge is 2.11. The molecule has 0 radical (unpaired) electrons. The maximum Gasteiger partial charge on any atom is 0.342 e. The van der Waals surface area contributed by atoms with E-state index in [2.05, 4.69) is 9.97 Å². The normalized spacial score (nSPS) is 10.3. The van der Waals surface area contributed by atoms with Crippen molar-refractivity contribution in [2.45, 2.75) is 0 Å². The van der Waals surface area contributed by atoms with Crippen LogP contribution in [-0.4, -0.2) is 21.0 Å². The molecule has 5 nitrogen and oxygen atoms in total. The van der Waals surface area contributed by atoms with Crippen molar-refractivity contribution in [2.75, 3.05) is 0 Å². The van der Waals surface area contributed by atoms with Crippen molar-refractivity contribution in [1.82, 2.24) is 9.97 Å². The molecule has 92 valence electrons. The van der Waals surface area contributed by atoms with E-state index in [0.29, 0.717) is 0 Å². The third kappa shape index (κ3) is 2.10. The molecular formula is C11H6F2N2O3. The van der Waals surface area contributed by atoms with Crippen molar-refractivity contribution in [3.8, 4) is 11.4 Å². The van der Waals surface area contributed by atoms with Crippen LogP contribution >= 0.6 is 0 Å². The smallest absolute Gasteiger partial charge is 0.342 e. The summed E-state index contributed by atoms with van der Waals surface area (Å²) in [5.41, 5.74) is -1.25. The minimum Gasteiger partial charge on any atom is -0.477 e. The molecule has 0 aliphatic carbocycles. The molecule has 1 heterocycles. The Balaban J connectivity index is 2.52. The number of hydrogen-bond acceptors (Lipinski definition) is 3. The number of nitrogens with one attached hydrogen (secondary N) is 1. The molecule has 18 heavy (non-hydrogen) atoms. The van der Waals surface area contributed by atoms with Gasteiger partial charge in [-0.25, -0.2) is 18.6 Å². The van der Waals surface area contributed by atoms with E-state index < -0.39 is 28.7 Å². The van der Waals surface area contributed by atoms with E-state index in [0.717, 1.165) is 18.3 Å². The Hall–Kier alpha value is -2.57. The summed E-state index contributed by atoms with van der Waals surface area (Å²) < 4.78 is 25.7. The maximum atomic E-state index is 13.0. The Morgan fingerprint density at radius 1 is 1.28 bits per heavy atom. The molecule has 0 unspecified atom stereocenters. The van der Waals surface area contributed by atoms with Crippen LogP contribution in [0.4, 0.5) is 8.78 Å². The molecule has 0 atom stereocenters. The number of aromatic carboxylic acids is 1. The molecular weight excluding hydrogens is 246 g/mol. The van der Waals surface area contributed by atoms with Crippen LogP contribution in [-0.2, 0) is 0 Å². The van der Waals surface area contributed by atoms with Gasteiger partial charge in [0.2, 0.25) is 0 Å². The number of aromatic nitrogens is 2. The number of rotatable bonds is 2. The first-order chi connectivity index (χ1) is 8.49. The molecule has 0 spiro atoms. The van der Waals surface area contributed by atoms with E-state index in [1.165, 1.54) is 6.07 Å². The predicted octanol–water partition coefficient (Wildman–Crippen LogP) is 1.41. The zero-order valence-electron chi connectivity index (χ0n) is 8.78. The predicted molar refractivity (Wildman–Crippen MR) is 57.2 cm³/mol. The Morgan fingerprint density at radius 3 is 2.56 bits per heavy atom. The first kappa shape index (κ1) is 11.9. The highest BCUT2D eigenvalue weighted by molar-refractivity contribution is 5.86. The molecule has 0 bridgehead atoms. The van der Waals surface area contributed by atoms with Crippen LogP contribution in [0.1, 0.15) is 10.4 Å². The van der Waals surface area contributed by atoms with Gasteiger partial charge in [-0.05, 0) is 18.2 Å². The van der Waals surface area contributed by atoms with Crippen LogP contribution in [0.3, 0.4) is 0 Å². The number of H-pyrrole nitrogens is 1. The topological polar surface area (TPSA) is 83.0 Å². The number of aromatic amines is 1. The highest BCUT2D eigenvalue weighted by atomic mass is 19.2. The second kappa shape index (κ2) is 4.36. The number of hydrogen-bond donors (Lipinski definition) is 2. The van der Waals surface area contributed by atoms with Crippen LogP contribution in [0.25, 0.3) is 11.4 Å². The van der Waals surface area contributed by atoms with Crippen LogP contribution in [0.2, 0.25) is 0 Å². The van der Waals surface area contributed by atoms with E-state index in [-0.39, 0.29) is 11.4 Å². The van der Waals surface area contributed by atoms with Crippen molar-refractivity contribution in [2.24, 2.45) is 0 Å². The zero-order valence-corrected chi connectivity index (χ0v) is 8.78. The Morgan fingerprint density at radius 2 is 2.00 bits per heavy atom. The molecule has 2 N–H and O–H groups in total. The lowest BCUT2D eigenvalue weighted by Gasteiger charge is -2.01. The number of benzene rings is 1. The molecule has 0 amide bonds. The number of halogens is 2. The van der Waals surface area contributed by atoms with Gasteiger partial charge in [-0.2, -0.15) is 0 Å². The first-order valence-electron chi connectivity index (χ1n) is 4.77. The lowest BCUT2D eigenvalue weighted by atomic mass is 10.2. The molecule has 0 fully saturated rings. The molecule has 1 aromatic carbocycles. The van der Waals surface area contributed by atoms with E-state index >= 15 is 0 Å². The summed E-state index contributed by atoms with van der Waals surface area (Å²) in [5, 5.41) is 8.64. The third-order valence-electron chi connectivity index (χ3n) is 2.22. The van der Waals surface area contributed by atoms with Crippen molar-refractivity contribution < 1.29 is 18.7 Å². The Bertz CT molecular complexity index is 682. The molecule has 0 saturated carbocycles. The average molecular weight is 252 g/mol. The zero-order chi connectivity index (χ0) is 13.3. The molecule has 0 saturated heterocycles. The van der Waals surface area contributed by atoms with Crippen LogP contribution < -0.4 is 5.56 Å². The molecule has 2 rings (SSSR count). The minimum absolute atomic E-state index is 0.0381. The summed E-state index contributed by atoms with van der Waals surface area (Å²) >= 11 is 0. The minimum atomic E-state index is -1.42. The number of carbonyl (C=O) groups is 1. The molecule has 2 aromatic rings. The van der Waals surface area contributed by atoms with Gasteiger partial charge >= 0.3 is 5.97 Å². The number of carboxylic acids is 1. The van der Waals surface area contributed by atoms with Gasteiger partial charge in [0.05, 0.1) is 0 Å². The third-order valence-corrected chi connectivity index (χ3v) is 2.22. The van der Waals surface area contributed by atoms with Gasteiger partial charge in [-0.1, -0.05) is 0 Å². The summed E-state index contributed by atoms with van der Waals surface area (Å²) in [5.74, 6) is -3.56. The van der Waals surface area contributed by atoms with E-state index in [4.69, 9.17) is 5.11 Å². The Kier molecular flexibility index (Phi) is 2.88. The summed E-state index contributed by atoms with van der Waals surface area (Å²) in [6.07, 6.45) is 0.859. The standard InChI is InChI=1S/C11H6F2N2O3/c12-7-2-1-5(3-8(7)13)9-14-4-6(11(17)18)10(16)15-9/h1-4H,(H,17,18)(H,14,15,16). The van der Waals surface area contributed by atoms with Crippen molar-refractivity contribution in [1.29, 1.82) is 0 Å². The van der Waals surface area contributed by atoms with Gasteiger partial charge in [0.1, 0.15) is 11.4 Å². The van der Waals surface area contributed by atoms with Crippen molar-refractivity contribution >= 4 is 5.97 Å². The summed E-state index contributed by atoms with van der Waals surface area (Å²) in [6.45, 7) is 0. The first-order valence-corrected chi connectivity index (χ1v) is 4.77. The van der Waals surface area contributed by atoms with Gasteiger partial charge in [0.25, 0.3) is 5.56 Å². The quantitative estimate of drug-likeness (QED) is 0.846. The molecule has 7 heteroatoms. The van der Waals surface area contributed by atoms with Crippen molar-refractivity contribution in [3.05, 3.63) is 51.9 Å². The van der Waals surface area contributed by atoms with Gasteiger partial charge in [0.15, 0.2) is 11.6 Å². The van der Waals surface area contributed by atoms with Crippen LogP contribution in [0, 0.1) is 11.6 Å². The second-order valence-corrected chi connectivity index (χ2v) is 3.41. The lowest BCUT2D eigenvalue weighted by molar-refractivity contribution is 0.0694. The van der Waals surface area contributed by atoms with Crippen LogP contribution in [0.15, 0.2) is 29.2 Å². The average Bonchev–Trinajstić information content (AvgIpc) is 2.32. The van der Waals surface area contributed by atoms with Gasteiger partial charge in [-0.15, -0.1) is 0 Å². The van der Waals surface area contributed by atoms with Gasteiger partial charge in [-0.3, -0.25) is 4.79 Å².